The van der Waals surface area contributed by atoms with Crippen molar-refractivity contribution < 1.29 is 9.13 Å². The SMILES string of the molecule is CCOCc1ccccc1NC(C)c1ccc(F)cn1. The first-order valence-corrected chi connectivity index (χ1v) is 6.74. The Balaban J connectivity index is 2.10. The Labute approximate surface area is 118 Å². The van der Waals surface area contributed by atoms with Crippen LogP contribution in [0.1, 0.15) is 31.1 Å². The van der Waals surface area contributed by atoms with E-state index in [2.05, 4.69) is 10.3 Å². The Morgan fingerprint density at radius 1 is 1.25 bits per heavy atom. The predicted octanol–water partition coefficient (Wildman–Crippen LogP) is 3.93. The molecule has 0 aliphatic heterocycles. The van der Waals surface area contributed by atoms with Crippen molar-refractivity contribution in [2.75, 3.05) is 11.9 Å². The van der Waals surface area contributed by atoms with Crippen LogP contribution in [0.25, 0.3) is 0 Å². The van der Waals surface area contributed by atoms with Gasteiger partial charge in [-0.05, 0) is 32.0 Å². The molecule has 0 fully saturated rings. The molecule has 0 amide bonds. The number of rotatable bonds is 6. The number of hydrogen-bond acceptors (Lipinski definition) is 3. The second kappa shape index (κ2) is 7.01. The monoisotopic (exact) mass is 274 g/mol. The van der Waals surface area contributed by atoms with Gasteiger partial charge in [-0.3, -0.25) is 4.98 Å². The highest BCUT2D eigenvalue weighted by atomic mass is 19.1. The first-order chi connectivity index (χ1) is 9.70. The van der Waals surface area contributed by atoms with E-state index in [-0.39, 0.29) is 11.9 Å². The summed E-state index contributed by atoms with van der Waals surface area (Å²) in [5.74, 6) is -0.322. The van der Waals surface area contributed by atoms with Crippen molar-refractivity contribution in [2.45, 2.75) is 26.5 Å². The van der Waals surface area contributed by atoms with Gasteiger partial charge in [0.1, 0.15) is 5.82 Å². The number of anilines is 1. The molecule has 0 saturated heterocycles. The molecule has 2 rings (SSSR count). The minimum Gasteiger partial charge on any atom is -0.377 e. The Hall–Kier alpha value is -1.94. The van der Waals surface area contributed by atoms with Crippen molar-refractivity contribution >= 4 is 5.69 Å². The third-order valence-corrected chi connectivity index (χ3v) is 3.04. The summed E-state index contributed by atoms with van der Waals surface area (Å²) < 4.78 is 18.3. The topological polar surface area (TPSA) is 34.1 Å². The van der Waals surface area contributed by atoms with E-state index in [4.69, 9.17) is 4.74 Å². The lowest BCUT2D eigenvalue weighted by Crippen LogP contribution is -2.10. The average Bonchev–Trinajstić information content (AvgIpc) is 2.47. The minimum atomic E-state index is -0.322. The Kier molecular flexibility index (Phi) is 5.07. The molecule has 1 atom stereocenters. The molecule has 0 radical (unpaired) electrons. The average molecular weight is 274 g/mol. The fourth-order valence-corrected chi connectivity index (χ4v) is 1.95. The van der Waals surface area contributed by atoms with Gasteiger partial charge >= 0.3 is 0 Å². The van der Waals surface area contributed by atoms with Crippen LogP contribution in [0.15, 0.2) is 42.6 Å². The molecule has 4 heteroatoms. The van der Waals surface area contributed by atoms with Crippen molar-refractivity contribution in [1.82, 2.24) is 4.98 Å². The van der Waals surface area contributed by atoms with Crippen LogP contribution in [-0.4, -0.2) is 11.6 Å². The molecule has 2 aromatic rings. The lowest BCUT2D eigenvalue weighted by atomic mass is 10.1. The summed E-state index contributed by atoms with van der Waals surface area (Å²) >= 11 is 0. The molecular formula is C16H19FN2O. The van der Waals surface area contributed by atoms with Gasteiger partial charge in [-0.1, -0.05) is 18.2 Å². The molecule has 1 aromatic carbocycles. The summed E-state index contributed by atoms with van der Waals surface area (Å²) in [6.45, 7) is 5.23. The van der Waals surface area contributed by atoms with E-state index < -0.39 is 0 Å². The van der Waals surface area contributed by atoms with Crippen LogP contribution in [0.4, 0.5) is 10.1 Å². The highest BCUT2D eigenvalue weighted by molar-refractivity contribution is 5.52. The highest BCUT2D eigenvalue weighted by Gasteiger charge is 2.09. The largest absolute Gasteiger partial charge is 0.377 e. The van der Waals surface area contributed by atoms with Crippen LogP contribution in [0.5, 0.6) is 0 Å². The third-order valence-electron chi connectivity index (χ3n) is 3.04. The van der Waals surface area contributed by atoms with Gasteiger partial charge in [-0.2, -0.15) is 0 Å². The van der Waals surface area contributed by atoms with E-state index in [1.807, 2.05) is 38.1 Å². The second-order valence-corrected chi connectivity index (χ2v) is 4.56. The van der Waals surface area contributed by atoms with Gasteiger partial charge in [0.25, 0.3) is 0 Å². The van der Waals surface area contributed by atoms with E-state index in [0.717, 1.165) is 16.9 Å². The van der Waals surface area contributed by atoms with E-state index in [9.17, 15) is 4.39 Å². The van der Waals surface area contributed by atoms with Gasteiger partial charge in [0, 0.05) is 17.9 Å². The number of nitrogens with zero attached hydrogens (tertiary/aromatic N) is 1. The molecule has 0 aliphatic rings. The van der Waals surface area contributed by atoms with Gasteiger partial charge in [0.15, 0.2) is 0 Å². The van der Waals surface area contributed by atoms with Crippen molar-refractivity contribution in [3.8, 4) is 0 Å². The molecule has 1 heterocycles. The summed E-state index contributed by atoms with van der Waals surface area (Å²) in [5.41, 5.74) is 2.92. The number of nitrogens with one attached hydrogen (secondary N) is 1. The van der Waals surface area contributed by atoms with E-state index in [1.54, 1.807) is 6.07 Å². The van der Waals surface area contributed by atoms with Gasteiger partial charge in [0.05, 0.1) is 24.5 Å². The van der Waals surface area contributed by atoms with Gasteiger partial charge < -0.3 is 10.1 Å². The molecule has 1 N–H and O–H groups in total. The smallest absolute Gasteiger partial charge is 0.141 e. The number of para-hydroxylation sites is 1. The zero-order valence-corrected chi connectivity index (χ0v) is 11.8. The van der Waals surface area contributed by atoms with Crippen LogP contribution < -0.4 is 5.32 Å². The van der Waals surface area contributed by atoms with Crippen LogP contribution >= 0.6 is 0 Å². The Morgan fingerprint density at radius 3 is 2.75 bits per heavy atom. The lowest BCUT2D eigenvalue weighted by Gasteiger charge is -2.17. The number of hydrogen-bond donors (Lipinski definition) is 1. The molecule has 20 heavy (non-hydrogen) atoms. The molecule has 0 bridgehead atoms. The number of benzene rings is 1. The third kappa shape index (κ3) is 3.78. The molecule has 1 aromatic heterocycles. The maximum absolute atomic E-state index is 12.9. The molecule has 1 unspecified atom stereocenters. The summed E-state index contributed by atoms with van der Waals surface area (Å²) in [6, 6.07) is 11.1. The maximum atomic E-state index is 12.9. The summed E-state index contributed by atoms with van der Waals surface area (Å²) in [7, 11) is 0. The van der Waals surface area contributed by atoms with E-state index >= 15 is 0 Å². The molecule has 0 aliphatic carbocycles. The summed E-state index contributed by atoms with van der Waals surface area (Å²) in [5, 5.41) is 3.39. The minimum absolute atomic E-state index is 0.00150. The Bertz CT molecular complexity index is 542. The zero-order valence-electron chi connectivity index (χ0n) is 11.8. The summed E-state index contributed by atoms with van der Waals surface area (Å²) in [4.78, 5) is 4.10. The summed E-state index contributed by atoms with van der Waals surface area (Å²) in [6.07, 6.45) is 1.24. The lowest BCUT2D eigenvalue weighted by molar-refractivity contribution is 0.134. The van der Waals surface area contributed by atoms with E-state index in [0.29, 0.717) is 13.2 Å². The molecule has 0 saturated carbocycles. The number of aromatic nitrogens is 1. The standard InChI is InChI=1S/C16H19FN2O/c1-3-20-11-13-6-4-5-7-16(13)19-12(2)15-9-8-14(17)10-18-15/h4-10,12,19H,3,11H2,1-2H3. The predicted molar refractivity (Wildman–Crippen MR) is 78.0 cm³/mol. The first-order valence-electron chi connectivity index (χ1n) is 6.74. The van der Waals surface area contributed by atoms with Gasteiger partial charge in [0.2, 0.25) is 0 Å². The highest BCUT2D eigenvalue weighted by Crippen LogP contribution is 2.22. The fraction of sp³-hybridized carbons (Fsp3) is 0.312. The molecule has 0 spiro atoms. The molecule has 3 nitrogen and oxygen atoms in total. The van der Waals surface area contributed by atoms with Crippen molar-refractivity contribution in [2.24, 2.45) is 0 Å². The van der Waals surface area contributed by atoms with Gasteiger partial charge in [-0.25, -0.2) is 4.39 Å². The number of halogens is 1. The number of pyridine rings is 1. The quantitative estimate of drug-likeness (QED) is 0.866. The number of ether oxygens (including phenoxy) is 1. The van der Waals surface area contributed by atoms with Crippen molar-refractivity contribution in [3.63, 3.8) is 0 Å². The van der Waals surface area contributed by atoms with Crippen LogP contribution in [0.3, 0.4) is 0 Å². The molecular weight excluding hydrogens is 255 g/mol. The zero-order chi connectivity index (χ0) is 14.4. The molecule has 106 valence electrons. The van der Waals surface area contributed by atoms with Gasteiger partial charge in [-0.15, -0.1) is 0 Å². The Morgan fingerprint density at radius 2 is 2.05 bits per heavy atom. The first kappa shape index (κ1) is 14.5. The van der Waals surface area contributed by atoms with Crippen LogP contribution in [-0.2, 0) is 11.3 Å². The second-order valence-electron chi connectivity index (χ2n) is 4.56. The van der Waals surface area contributed by atoms with Crippen LogP contribution in [0.2, 0.25) is 0 Å². The van der Waals surface area contributed by atoms with E-state index in [1.165, 1.54) is 12.3 Å². The van der Waals surface area contributed by atoms with Crippen molar-refractivity contribution in [1.29, 1.82) is 0 Å². The van der Waals surface area contributed by atoms with Crippen LogP contribution in [0, 0.1) is 5.82 Å². The maximum Gasteiger partial charge on any atom is 0.141 e. The normalized spacial score (nSPS) is 12.2. The fourth-order valence-electron chi connectivity index (χ4n) is 1.95. The van der Waals surface area contributed by atoms with Crippen molar-refractivity contribution in [3.05, 3.63) is 59.7 Å².